The smallest absolute Gasteiger partial charge is 0.327 e. The van der Waals surface area contributed by atoms with Crippen LogP contribution in [0.15, 0.2) is 47.1 Å². The number of hydrogen-bond donors (Lipinski definition) is 4. The molecule has 136 valence electrons. The summed E-state index contributed by atoms with van der Waals surface area (Å²) in [5.41, 5.74) is 4.15. The summed E-state index contributed by atoms with van der Waals surface area (Å²) in [5, 5.41) is 4.89. The van der Waals surface area contributed by atoms with Gasteiger partial charge in [-0.1, -0.05) is 23.7 Å². The summed E-state index contributed by atoms with van der Waals surface area (Å²) in [6.07, 6.45) is 1.43. The van der Waals surface area contributed by atoms with Crippen molar-refractivity contribution in [1.82, 2.24) is 21.5 Å². The monoisotopic (exact) mass is 378 g/mol. The third-order valence-electron chi connectivity index (χ3n) is 3.05. The normalized spacial score (nSPS) is 9.88. The Morgan fingerprint density at radius 3 is 2.38 bits per heavy atom. The number of benzene rings is 1. The van der Waals surface area contributed by atoms with Gasteiger partial charge in [0.1, 0.15) is 5.76 Å². The Kier molecular flexibility index (Phi) is 6.75. The number of hydrazine groups is 1. The second-order valence-electron chi connectivity index (χ2n) is 4.93. The van der Waals surface area contributed by atoms with E-state index in [1.807, 2.05) is 10.9 Å². The van der Waals surface area contributed by atoms with E-state index in [-0.39, 0.29) is 17.1 Å². The second kappa shape index (κ2) is 9.23. The van der Waals surface area contributed by atoms with Gasteiger partial charge in [-0.25, -0.2) is 0 Å². The zero-order valence-corrected chi connectivity index (χ0v) is 14.1. The number of carbonyl (C=O) groups excluding carboxylic acids is 4. The van der Waals surface area contributed by atoms with E-state index in [9.17, 15) is 19.2 Å². The first kappa shape index (κ1) is 19.0. The molecule has 1 heterocycles. The van der Waals surface area contributed by atoms with E-state index < -0.39 is 30.2 Å². The highest BCUT2D eigenvalue weighted by Crippen LogP contribution is 2.14. The summed E-state index contributed by atoms with van der Waals surface area (Å²) in [6, 6.07) is 9.60. The van der Waals surface area contributed by atoms with Gasteiger partial charge in [-0.15, -0.1) is 0 Å². The van der Waals surface area contributed by atoms with E-state index in [1.165, 1.54) is 18.4 Å². The van der Waals surface area contributed by atoms with Crippen molar-refractivity contribution in [2.24, 2.45) is 0 Å². The number of carbonyl (C=O) groups is 4. The fourth-order valence-electron chi connectivity index (χ4n) is 1.79. The van der Waals surface area contributed by atoms with Crippen molar-refractivity contribution in [2.45, 2.75) is 6.54 Å². The summed E-state index contributed by atoms with van der Waals surface area (Å²) in [7, 11) is 0. The molecule has 0 saturated heterocycles. The van der Waals surface area contributed by atoms with Crippen LogP contribution in [0.4, 0.5) is 0 Å². The summed E-state index contributed by atoms with van der Waals surface area (Å²) in [6.45, 7) is -0.389. The van der Waals surface area contributed by atoms with E-state index in [0.29, 0.717) is 5.76 Å². The predicted octanol–water partition coefficient (Wildman–Crippen LogP) is 0.127. The van der Waals surface area contributed by atoms with E-state index in [1.54, 1.807) is 24.3 Å². The standard InChI is InChI=1S/C16H15ClN4O5/c17-12-6-2-1-5-11(12)14(23)19-9-13(22)20-21-16(25)15(24)18-8-10-4-3-7-26-10/h1-7H,8-9H2,(H,18,24)(H,19,23)(H,20,22)(H,21,25). The van der Waals surface area contributed by atoms with Crippen LogP contribution >= 0.6 is 11.6 Å². The number of rotatable bonds is 5. The Balaban J connectivity index is 1.69. The van der Waals surface area contributed by atoms with Gasteiger partial charge in [0.15, 0.2) is 0 Å². The molecule has 0 fully saturated rings. The molecule has 26 heavy (non-hydrogen) atoms. The van der Waals surface area contributed by atoms with E-state index in [4.69, 9.17) is 16.0 Å². The quantitative estimate of drug-likeness (QED) is 0.434. The molecule has 0 aliphatic carbocycles. The lowest BCUT2D eigenvalue weighted by Crippen LogP contribution is -2.50. The van der Waals surface area contributed by atoms with Crippen molar-refractivity contribution >= 4 is 35.2 Å². The number of halogens is 1. The molecule has 0 bridgehead atoms. The lowest BCUT2D eigenvalue weighted by molar-refractivity contribution is -0.141. The van der Waals surface area contributed by atoms with Crippen molar-refractivity contribution < 1.29 is 23.6 Å². The predicted molar refractivity (Wildman–Crippen MR) is 90.6 cm³/mol. The molecule has 0 aliphatic rings. The van der Waals surface area contributed by atoms with Gasteiger partial charge in [-0.05, 0) is 24.3 Å². The van der Waals surface area contributed by atoms with E-state index in [0.717, 1.165) is 0 Å². The van der Waals surface area contributed by atoms with E-state index >= 15 is 0 Å². The highest BCUT2D eigenvalue weighted by Gasteiger charge is 2.15. The SMILES string of the molecule is O=C(CNC(=O)c1ccccc1Cl)NNC(=O)C(=O)NCc1ccco1. The maximum atomic E-state index is 11.9. The molecule has 0 unspecified atom stereocenters. The number of nitrogens with one attached hydrogen (secondary N) is 4. The van der Waals surface area contributed by atoms with Gasteiger partial charge < -0.3 is 15.1 Å². The molecule has 1 aromatic heterocycles. The minimum atomic E-state index is -1.07. The van der Waals surface area contributed by atoms with Gasteiger partial charge in [0.05, 0.1) is 29.9 Å². The van der Waals surface area contributed by atoms with Crippen molar-refractivity contribution in [3.05, 3.63) is 59.0 Å². The zero-order valence-electron chi connectivity index (χ0n) is 13.4. The Morgan fingerprint density at radius 1 is 0.923 bits per heavy atom. The molecule has 0 aliphatic heterocycles. The van der Waals surface area contributed by atoms with Crippen LogP contribution in [-0.2, 0) is 20.9 Å². The van der Waals surface area contributed by atoms with Crippen LogP contribution < -0.4 is 21.5 Å². The fraction of sp³-hybridized carbons (Fsp3) is 0.125. The first-order chi connectivity index (χ1) is 12.5. The van der Waals surface area contributed by atoms with E-state index in [2.05, 4.69) is 10.6 Å². The molecule has 0 radical (unpaired) electrons. The molecule has 1 aromatic carbocycles. The van der Waals surface area contributed by atoms with Gasteiger partial charge in [0, 0.05) is 0 Å². The van der Waals surface area contributed by atoms with Crippen LogP contribution in [0.5, 0.6) is 0 Å². The molecule has 2 rings (SSSR count). The second-order valence-corrected chi connectivity index (χ2v) is 5.33. The van der Waals surface area contributed by atoms with Crippen LogP contribution in [0.1, 0.15) is 16.1 Å². The zero-order chi connectivity index (χ0) is 18.9. The Hall–Kier alpha value is -3.33. The molecular weight excluding hydrogens is 364 g/mol. The van der Waals surface area contributed by atoms with Crippen LogP contribution in [0.3, 0.4) is 0 Å². The summed E-state index contributed by atoms with van der Waals surface area (Å²) in [4.78, 5) is 46.6. The van der Waals surface area contributed by atoms with Crippen LogP contribution in [0.25, 0.3) is 0 Å². The average Bonchev–Trinajstić information content (AvgIpc) is 3.16. The maximum absolute atomic E-state index is 11.9. The number of furan rings is 1. The Labute approximate surface area is 153 Å². The third-order valence-corrected chi connectivity index (χ3v) is 3.38. The minimum Gasteiger partial charge on any atom is -0.467 e. The molecule has 0 spiro atoms. The molecule has 10 heteroatoms. The maximum Gasteiger partial charge on any atom is 0.327 e. The summed E-state index contributed by atoms with van der Waals surface area (Å²) >= 11 is 5.87. The molecule has 9 nitrogen and oxygen atoms in total. The molecule has 4 amide bonds. The topological polar surface area (TPSA) is 130 Å². The molecule has 4 N–H and O–H groups in total. The van der Waals surface area contributed by atoms with Gasteiger partial charge in [0.25, 0.3) is 11.8 Å². The Bertz CT molecular complexity index is 807. The molecule has 2 aromatic rings. The van der Waals surface area contributed by atoms with Gasteiger partial charge >= 0.3 is 11.8 Å². The van der Waals surface area contributed by atoms with Crippen LogP contribution in [0.2, 0.25) is 5.02 Å². The van der Waals surface area contributed by atoms with Crippen molar-refractivity contribution in [2.75, 3.05) is 6.54 Å². The van der Waals surface area contributed by atoms with Crippen molar-refractivity contribution in [3.63, 3.8) is 0 Å². The van der Waals surface area contributed by atoms with Crippen LogP contribution in [-0.4, -0.2) is 30.2 Å². The Morgan fingerprint density at radius 2 is 1.69 bits per heavy atom. The first-order valence-corrected chi connectivity index (χ1v) is 7.77. The van der Waals surface area contributed by atoms with Crippen molar-refractivity contribution in [1.29, 1.82) is 0 Å². The summed E-state index contributed by atoms with van der Waals surface area (Å²) < 4.78 is 5.00. The molecule has 0 atom stereocenters. The van der Waals surface area contributed by atoms with Gasteiger partial charge in [-0.3, -0.25) is 30.0 Å². The third kappa shape index (κ3) is 5.64. The average molecular weight is 379 g/mol. The number of amides is 4. The molecule has 0 saturated carbocycles. The first-order valence-electron chi connectivity index (χ1n) is 7.39. The van der Waals surface area contributed by atoms with Gasteiger partial charge in [0.2, 0.25) is 0 Å². The number of hydrogen-bond acceptors (Lipinski definition) is 5. The van der Waals surface area contributed by atoms with Gasteiger partial charge in [-0.2, -0.15) is 0 Å². The minimum absolute atomic E-state index is 0.0289. The molecular formula is C16H15ClN4O5. The largest absolute Gasteiger partial charge is 0.467 e. The summed E-state index contributed by atoms with van der Waals surface area (Å²) in [5.74, 6) is -2.83. The van der Waals surface area contributed by atoms with Crippen molar-refractivity contribution in [3.8, 4) is 0 Å². The fourth-order valence-corrected chi connectivity index (χ4v) is 2.01. The highest BCUT2D eigenvalue weighted by atomic mass is 35.5. The van der Waals surface area contributed by atoms with Crippen LogP contribution in [0, 0.1) is 0 Å². The lowest BCUT2D eigenvalue weighted by atomic mass is 10.2. The highest BCUT2D eigenvalue weighted by molar-refractivity contribution is 6.35. The lowest BCUT2D eigenvalue weighted by Gasteiger charge is -2.09.